The number of carboxylic acids is 1. The SMILES string of the molecule is CCCCN(CC(=O)NCC(=O)O)C(C)c1ccccc1. The van der Waals surface area contributed by atoms with Crippen LogP contribution in [0.1, 0.15) is 38.3 Å². The van der Waals surface area contributed by atoms with E-state index in [1.54, 1.807) is 0 Å². The minimum atomic E-state index is -1.03. The van der Waals surface area contributed by atoms with Gasteiger partial charge in [0, 0.05) is 6.04 Å². The van der Waals surface area contributed by atoms with E-state index in [1.807, 2.05) is 30.3 Å². The third-order valence-electron chi connectivity index (χ3n) is 3.41. The van der Waals surface area contributed by atoms with Crippen molar-refractivity contribution in [2.75, 3.05) is 19.6 Å². The van der Waals surface area contributed by atoms with Crippen molar-refractivity contribution in [3.8, 4) is 0 Å². The fourth-order valence-corrected chi connectivity index (χ4v) is 2.13. The monoisotopic (exact) mass is 292 g/mol. The van der Waals surface area contributed by atoms with E-state index in [4.69, 9.17) is 5.11 Å². The first kappa shape index (κ1) is 17.2. The zero-order chi connectivity index (χ0) is 15.7. The van der Waals surface area contributed by atoms with Crippen molar-refractivity contribution in [2.24, 2.45) is 0 Å². The number of aliphatic carboxylic acids is 1. The van der Waals surface area contributed by atoms with E-state index in [0.29, 0.717) is 0 Å². The third kappa shape index (κ3) is 6.40. The molecule has 1 aromatic rings. The Balaban J connectivity index is 2.66. The number of nitrogens with one attached hydrogen (secondary N) is 1. The zero-order valence-electron chi connectivity index (χ0n) is 12.7. The molecule has 0 aliphatic carbocycles. The lowest BCUT2D eigenvalue weighted by Crippen LogP contribution is -2.40. The highest BCUT2D eigenvalue weighted by atomic mass is 16.4. The predicted octanol–water partition coefficient (Wildman–Crippen LogP) is 2.05. The lowest BCUT2D eigenvalue weighted by atomic mass is 10.1. The van der Waals surface area contributed by atoms with E-state index in [1.165, 1.54) is 0 Å². The maximum atomic E-state index is 11.8. The standard InChI is InChI=1S/C16H24N2O3/c1-3-4-10-18(12-15(19)17-11-16(20)21)13(2)14-8-6-5-7-9-14/h5-9,13H,3-4,10-12H2,1-2H3,(H,17,19)(H,20,21). The first-order valence-electron chi connectivity index (χ1n) is 7.32. The Kier molecular flexibility index (Phi) is 7.46. The molecule has 1 rings (SSSR count). The van der Waals surface area contributed by atoms with Crippen molar-refractivity contribution in [2.45, 2.75) is 32.7 Å². The van der Waals surface area contributed by atoms with Gasteiger partial charge in [-0.3, -0.25) is 14.5 Å². The molecule has 1 unspecified atom stereocenters. The molecule has 0 bridgehead atoms. The summed E-state index contributed by atoms with van der Waals surface area (Å²) in [4.78, 5) is 24.4. The molecule has 0 aromatic heterocycles. The van der Waals surface area contributed by atoms with Crippen molar-refractivity contribution in [1.29, 1.82) is 0 Å². The minimum Gasteiger partial charge on any atom is -0.480 e. The van der Waals surface area contributed by atoms with E-state index >= 15 is 0 Å². The number of carbonyl (C=O) groups excluding carboxylic acids is 1. The molecule has 1 amide bonds. The molecule has 0 fully saturated rings. The van der Waals surface area contributed by atoms with Crippen LogP contribution in [0.15, 0.2) is 30.3 Å². The molecular weight excluding hydrogens is 268 g/mol. The van der Waals surface area contributed by atoms with Crippen molar-refractivity contribution in [3.05, 3.63) is 35.9 Å². The summed E-state index contributed by atoms with van der Waals surface area (Å²) in [6.45, 7) is 4.86. The van der Waals surface area contributed by atoms with Gasteiger partial charge in [-0.1, -0.05) is 43.7 Å². The molecule has 21 heavy (non-hydrogen) atoms. The van der Waals surface area contributed by atoms with Gasteiger partial charge >= 0.3 is 5.97 Å². The summed E-state index contributed by atoms with van der Waals surface area (Å²) >= 11 is 0. The molecule has 116 valence electrons. The van der Waals surface area contributed by atoms with Crippen LogP contribution in [0.3, 0.4) is 0 Å². The summed E-state index contributed by atoms with van der Waals surface area (Å²) < 4.78 is 0. The molecular formula is C16H24N2O3. The van der Waals surface area contributed by atoms with Crippen molar-refractivity contribution in [3.63, 3.8) is 0 Å². The Labute approximate surface area is 126 Å². The maximum Gasteiger partial charge on any atom is 0.322 e. The van der Waals surface area contributed by atoms with Crippen LogP contribution in [0.25, 0.3) is 0 Å². The van der Waals surface area contributed by atoms with Gasteiger partial charge < -0.3 is 10.4 Å². The van der Waals surface area contributed by atoms with Crippen LogP contribution in [0.5, 0.6) is 0 Å². The Morgan fingerprint density at radius 1 is 1.29 bits per heavy atom. The molecule has 1 atom stereocenters. The van der Waals surface area contributed by atoms with Gasteiger partial charge in [-0.05, 0) is 25.5 Å². The number of hydrogen-bond donors (Lipinski definition) is 2. The minimum absolute atomic E-state index is 0.119. The van der Waals surface area contributed by atoms with Crippen LogP contribution in [-0.2, 0) is 9.59 Å². The molecule has 0 radical (unpaired) electrons. The molecule has 0 saturated carbocycles. The summed E-state index contributed by atoms with van der Waals surface area (Å²) in [6, 6.07) is 10.1. The highest BCUT2D eigenvalue weighted by molar-refractivity contribution is 5.82. The van der Waals surface area contributed by atoms with Gasteiger partial charge in [0.05, 0.1) is 6.54 Å². The normalized spacial score (nSPS) is 12.1. The first-order chi connectivity index (χ1) is 10.0. The van der Waals surface area contributed by atoms with Gasteiger partial charge in [0.2, 0.25) is 5.91 Å². The van der Waals surface area contributed by atoms with Crippen LogP contribution in [0.2, 0.25) is 0 Å². The molecule has 0 saturated heterocycles. The van der Waals surface area contributed by atoms with Crippen molar-refractivity contribution >= 4 is 11.9 Å². The lowest BCUT2D eigenvalue weighted by Gasteiger charge is -2.28. The maximum absolute atomic E-state index is 11.8. The van der Waals surface area contributed by atoms with Gasteiger partial charge in [0.25, 0.3) is 0 Å². The van der Waals surface area contributed by atoms with Crippen LogP contribution in [-0.4, -0.2) is 41.5 Å². The largest absolute Gasteiger partial charge is 0.480 e. The number of amides is 1. The molecule has 2 N–H and O–H groups in total. The number of hydrogen-bond acceptors (Lipinski definition) is 3. The van der Waals surface area contributed by atoms with E-state index in [9.17, 15) is 9.59 Å². The van der Waals surface area contributed by atoms with Crippen LogP contribution >= 0.6 is 0 Å². The molecule has 0 spiro atoms. The average molecular weight is 292 g/mol. The lowest BCUT2D eigenvalue weighted by molar-refractivity contribution is -0.138. The Hall–Kier alpha value is -1.88. The number of carboxylic acid groups (broad SMARTS) is 1. The van der Waals surface area contributed by atoms with Crippen molar-refractivity contribution < 1.29 is 14.7 Å². The third-order valence-corrected chi connectivity index (χ3v) is 3.41. The fraction of sp³-hybridized carbons (Fsp3) is 0.500. The highest BCUT2D eigenvalue weighted by Gasteiger charge is 2.18. The molecule has 0 heterocycles. The van der Waals surface area contributed by atoms with Gasteiger partial charge in [-0.2, -0.15) is 0 Å². The van der Waals surface area contributed by atoms with Gasteiger partial charge in [-0.25, -0.2) is 0 Å². The highest BCUT2D eigenvalue weighted by Crippen LogP contribution is 2.19. The summed E-state index contributed by atoms with van der Waals surface area (Å²) in [7, 11) is 0. The zero-order valence-corrected chi connectivity index (χ0v) is 12.7. The smallest absolute Gasteiger partial charge is 0.322 e. The average Bonchev–Trinajstić information content (AvgIpc) is 2.49. The van der Waals surface area contributed by atoms with Gasteiger partial charge in [0.15, 0.2) is 0 Å². The first-order valence-corrected chi connectivity index (χ1v) is 7.32. The fourth-order valence-electron chi connectivity index (χ4n) is 2.13. The molecule has 0 aliphatic rings. The Morgan fingerprint density at radius 3 is 2.52 bits per heavy atom. The molecule has 0 aliphatic heterocycles. The van der Waals surface area contributed by atoms with Crippen LogP contribution in [0.4, 0.5) is 0 Å². The summed E-state index contributed by atoms with van der Waals surface area (Å²) in [6.07, 6.45) is 2.05. The van der Waals surface area contributed by atoms with Gasteiger partial charge in [0.1, 0.15) is 6.54 Å². The number of nitrogens with zero attached hydrogens (tertiary/aromatic N) is 1. The van der Waals surface area contributed by atoms with Crippen LogP contribution in [0, 0.1) is 0 Å². The summed E-state index contributed by atoms with van der Waals surface area (Å²) in [5.74, 6) is -1.28. The number of rotatable bonds is 9. The van der Waals surface area contributed by atoms with Crippen LogP contribution < -0.4 is 5.32 Å². The topological polar surface area (TPSA) is 69.6 Å². The second-order valence-electron chi connectivity index (χ2n) is 5.08. The summed E-state index contributed by atoms with van der Waals surface area (Å²) in [5.41, 5.74) is 1.15. The van der Waals surface area contributed by atoms with Crippen molar-refractivity contribution in [1.82, 2.24) is 10.2 Å². The number of carbonyl (C=O) groups is 2. The van der Waals surface area contributed by atoms with Gasteiger partial charge in [-0.15, -0.1) is 0 Å². The summed E-state index contributed by atoms with van der Waals surface area (Å²) in [5, 5.41) is 11.0. The van der Waals surface area contributed by atoms with E-state index in [0.717, 1.165) is 24.9 Å². The number of benzene rings is 1. The quantitative estimate of drug-likeness (QED) is 0.731. The second kappa shape index (κ2) is 9.13. The predicted molar refractivity (Wildman–Crippen MR) is 82.0 cm³/mol. The number of unbranched alkanes of at least 4 members (excludes halogenated alkanes) is 1. The molecule has 5 nitrogen and oxygen atoms in total. The van der Waals surface area contributed by atoms with E-state index < -0.39 is 5.97 Å². The van der Waals surface area contributed by atoms with E-state index in [-0.39, 0.29) is 25.0 Å². The molecule has 5 heteroatoms. The Morgan fingerprint density at radius 2 is 1.95 bits per heavy atom. The second-order valence-corrected chi connectivity index (χ2v) is 5.08. The molecule has 1 aromatic carbocycles. The van der Waals surface area contributed by atoms with E-state index in [2.05, 4.69) is 24.1 Å². The Bertz CT molecular complexity index is 448.